The van der Waals surface area contributed by atoms with Gasteiger partial charge in [0.05, 0.1) is 10.4 Å². The van der Waals surface area contributed by atoms with Crippen LogP contribution in [0.3, 0.4) is 0 Å². The smallest absolute Gasteiger partial charge is 0.236 e. The summed E-state index contributed by atoms with van der Waals surface area (Å²) in [5, 5.41) is 9.74. The number of halogens is 1. The van der Waals surface area contributed by atoms with Gasteiger partial charge in [-0.1, -0.05) is 22.9 Å². The van der Waals surface area contributed by atoms with Crippen LogP contribution in [-0.4, -0.2) is 64.0 Å². The second kappa shape index (κ2) is 6.16. The fourth-order valence-corrected chi connectivity index (χ4v) is 2.34. The number of nitrogens with zero attached hydrogens (tertiary/aromatic N) is 2. The van der Waals surface area contributed by atoms with Gasteiger partial charge in [0.1, 0.15) is 0 Å². The minimum absolute atomic E-state index is 0.0525. The fourth-order valence-electron chi connectivity index (χ4n) is 2.05. The maximum absolute atomic E-state index is 11.9. The maximum atomic E-state index is 11.9. The second-order valence-electron chi connectivity index (χ2n) is 5.29. The molecule has 4 nitrogen and oxygen atoms in total. The molecule has 1 saturated heterocycles. The highest BCUT2D eigenvalue weighted by Gasteiger charge is 2.27. The predicted octanol–water partition coefficient (Wildman–Crippen LogP) is 1.08. The number of β-amino-alcohol motifs (C(OH)–C–C–N with tert-alkyl or cyclic N) is 1. The summed E-state index contributed by atoms with van der Waals surface area (Å²) in [7, 11) is 0. The van der Waals surface area contributed by atoms with Crippen molar-refractivity contribution in [1.29, 1.82) is 0 Å². The first-order chi connectivity index (χ1) is 7.83. The van der Waals surface area contributed by atoms with Crippen LogP contribution in [-0.2, 0) is 4.79 Å². The Balaban J connectivity index is 2.38. The van der Waals surface area contributed by atoms with Crippen LogP contribution in [0.5, 0.6) is 0 Å². The molecule has 1 unspecified atom stereocenters. The lowest BCUT2D eigenvalue weighted by Gasteiger charge is -2.37. The summed E-state index contributed by atoms with van der Waals surface area (Å²) in [6.45, 7) is 9.51. The first-order valence-electron chi connectivity index (χ1n) is 6.21. The lowest BCUT2D eigenvalue weighted by molar-refractivity contribution is -0.132. The summed E-state index contributed by atoms with van der Waals surface area (Å²) in [6, 6.07) is 0. The molecule has 0 aromatic rings. The van der Waals surface area contributed by atoms with Crippen molar-refractivity contribution in [1.82, 2.24) is 9.80 Å². The van der Waals surface area contributed by atoms with Crippen molar-refractivity contribution < 1.29 is 9.90 Å². The predicted molar refractivity (Wildman–Crippen MR) is 72.3 cm³/mol. The molecule has 0 saturated carbocycles. The van der Waals surface area contributed by atoms with Crippen LogP contribution < -0.4 is 0 Å². The van der Waals surface area contributed by atoms with Gasteiger partial charge in [0.15, 0.2) is 0 Å². The molecule has 1 heterocycles. The minimum Gasteiger partial charge on any atom is -0.389 e. The van der Waals surface area contributed by atoms with Gasteiger partial charge >= 0.3 is 0 Å². The number of hydrogen-bond acceptors (Lipinski definition) is 3. The Kier molecular flexibility index (Phi) is 5.41. The Morgan fingerprint density at radius 2 is 1.88 bits per heavy atom. The molecule has 1 fully saturated rings. The molecule has 5 heteroatoms. The van der Waals surface area contributed by atoms with E-state index in [9.17, 15) is 9.90 Å². The number of rotatable bonds is 4. The Hall–Kier alpha value is -0.130. The third-order valence-electron chi connectivity index (χ3n) is 2.92. The fraction of sp³-hybridized carbons (Fsp3) is 0.917. The van der Waals surface area contributed by atoms with Crippen molar-refractivity contribution in [3.05, 3.63) is 0 Å². The van der Waals surface area contributed by atoms with E-state index in [0.717, 1.165) is 32.6 Å². The number of amides is 1. The molecule has 100 valence electrons. The van der Waals surface area contributed by atoms with E-state index in [1.807, 2.05) is 25.7 Å². The van der Waals surface area contributed by atoms with E-state index in [4.69, 9.17) is 0 Å². The van der Waals surface area contributed by atoms with Crippen LogP contribution in [0.2, 0.25) is 0 Å². The number of piperazine rings is 1. The summed E-state index contributed by atoms with van der Waals surface area (Å²) in [4.78, 5) is 16.0. The zero-order valence-corrected chi connectivity index (χ0v) is 12.5. The van der Waals surface area contributed by atoms with Crippen LogP contribution in [0.4, 0.5) is 0 Å². The van der Waals surface area contributed by atoms with Gasteiger partial charge in [-0.25, -0.2) is 0 Å². The molecule has 0 spiro atoms. The summed E-state index contributed by atoms with van der Waals surface area (Å²) < 4.78 is 0. The van der Waals surface area contributed by atoms with Crippen molar-refractivity contribution in [2.45, 2.75) is 37.6 Å². The van der Waals surface area contributed by atoms with Crippen LogP contribution in [0.25, 0.3) is 0 Å². The molecular formula is C12H23BrN2O2. The molecular weight excluding hydrogens is 284 g/mol. The van der Waals surface area contributed by atoms with Gasteiger partial charge in [0, 0.05) is 32.7 Å². The van der Waals surface area contributed by atoms with Gasteiger partial charge < -0.3 is 10.0 Å². The quantitative estimate of drug-likeness (QED) is 0.790. The van der Waals surface area contributed by atoms with Crippen LogP contribution in [0.15, 0.2) is 0 Å². The zero-order valence-electron chi connectivity index (χ0n) is 10.9. The molecule has 0 aromatic heterocycles. The molecule has 0 aromatic carbocycles. The number of carbonyl (C=O) groups excluding carboxylic acids is 1. The average Bonchev–Trinajstić information content (AvgIpc) is 2.26. The van der Waals surface area contributed by atoms with Gasteiger partial charge in [-0.2, -0.15) is 0 Å². The maximum Gasteiger partial charge on any atom is 0.236 e. The summed E-state index contributed by atoms with van der Waals surface area (Å²) in [6.07, 6.45) is 0.822. The first-order valence-corrected chi connectivity index (χ1v) is 7.12. The molecule has 1 N–H and O–H groups in total. The van der Waals surface area contributed by atoms with Crippen molar-refractivity contribution in [2.75, 3.05) is 32.7 Å². The number of hydrogen-bond donors (Lipinski definition) is 1. The average molecular weight is 307 g/mol. The molecule has 17 heavy (non-hydrogen) atoms. The van der Waals surface area contributed by atoms with E-state index in [-0.39, 0.29) is 10.7 Å². The number of aliphatic hydroxyl groups is 1. The highest BCUT2D eigenvalue weighted by atomic mass is 79.9. The van der Waals surface area contributed by atoms with Gasteiger partial charge in [-0.15, -0.1) is 0 Å². The third-order valence-corrected chi connectivity index (χ3v) is 3.96. The molecule has 0 bridgehead atoms. The van der Waals surface area contributed by atoms with Crippen molar-refractivity contribution in [3.63, 3.8) is 0 Å². The SMILES string of the molecule is CCC(Br)C(=O)N1CCN(CC(C)(C)O)CC1. The Labute approximate surface area is 112 Å². The Bertz CT molecular complexity index is 258. The zero-order chi connectivity index (χ0) is 13.1. The summed E-state index contributed by atoms with van der Waals surface area (Å²) in [5.74, 6) is 0.190. The molecule has 0 aliphatic carbocycles. The standard InChI is InChI=1S/C12H23BrN2O2/c1-4-10(13)11(16)15-7-5-14(6-8-15)9-12(2,3)17/h10,17H,4-9H2,1-3H3. The van der Waals surface area contributed by atoms with E-state index in [0.29, 0.717) is 6.54 Å². The van der Waals surface area contributed by atoms with Gasteiger partial charge in [-0.3, -0.25) is 9.69 Å². The van der Waals surface area contributed by atoms with Crippen molar-refractivity contribution in [2.24, 2.45) is 0 Å². The summed E-state index contributed by atoms with van der Waals surface area (Å²) >= 11 is 3.40. The van der Waals surface area contributed by atoms with Gasteiger partial charge in [0.25, 0.3) is 0 Å². The monoisotopic (exact) mass is 306 g/mol. The van der Waals surface area contributed by atoms with E-state index < -0.39 is 5.60 Å². The van der Waals surface area contributed by atoms with E-state index in [2.05, 4.69) is 20.8 Å². The normalized spacial score (nSPS) is 20.4. The Morgan fingerprint density at radius 1 is 1.35 bits per heavy atom. The number of carbonyl (C=O) groups is 1. The van der Waals surface area contributed by atoms with Crippen LogP contribution >= 0.6 is 15.9 Å². The van der Waals surface area contributed by atoms with Crippen LogP contribution in [0, 0.1) is 0 Å². The molecule has 0 radical (unpaired) electrons. The van der Waals surface area contributed by atoms with Crippen molar-refractivity contribution in [3.8, 4) is 0 Å². The minimum atomic E-state index is -0.659. The highest BCUT2D eigenvalue weighted by Crippen LogP contribution is 2.13. The molecule has 1 aliphatic rings. The van der Waals surface area contributed by atoms with Crippen LogP contribution in [0.1, 0.15) is 27.2 Å². The first kappa shape index (κ1) is 14.9. The van der Waals surface area contributed by atoms with E-state index in [1.54, 1.807) is 0 Å². The molecule has 1 amide bonds. The molecule has 1 atom stereocenters. The largest absolute Gasteiger partial charge is 0.389 e. The highest BCUT2D eigenvalue weighted by molar-refractivity contribution is 9.10. The topological polar surface area (TPSA) is 43.8 Å². The lowest BCUT2D eigenvalue weighted by Crippen LogP contribution is -2.53. The van der Waals surface area contributed by atoms with Gasteiger partial charge in [0.2, 0.25) is 5.91 Å². The Morgan fingerprint density at radius 3 is 2.29 bits per heavy atom. The number of alkyl halides is 1. The lowest BCUT2D eigenvalue weighted by atomic mass is 10.1. The summed E-state index contributed by atoms with van der Waals surface area (Å²) in [5.41, 5.74) is -0.659. The molecule has 1 aliphatic heterocycles. The van der Waals surface area contributed by atoms with Gasteiger partial charge in [-0.05, 0) is 20.3 Å². The third kappa shape index (κ3) is 4.94. The van der Waals surface area contributed by atoms with Crippen molar-refractivity contribution >= 4 is 21.8 Å². The molecule has 1 rings (SSSR count). The van der Waals surface area contributed by atoms with E-state index in [1.165, 1.54) is 0 Å². The van der Waals surface area contributed by atoms with E-state index >= 15 is 0 Å². The second-order valence-corrected chi connectivity index (χ2v) is 6.39.